The van der Waals surface area contributed by atoms with Gasteiger partial charge in [-0.25, -0.2) is 9.97 Å². The van der Waals surface area contributed by atoms with Gasteiger partial charge < -0.3 is 25.2 Å². The summed E-state index contributed by atoms with van der Waals surface area (Å²) in [5.41, 5.74) is 5.61. The van der Waals surface area contributed by atoms with Crippen LogP contribution in [0.15, 0.2) is 61.6 Å². The van der Waals surface area contributed by atoms with Crippen molar-refractivity contribution in [2.24, 2.45) is 0 Å². The number of benzene rings is 2. The molecule has 0 saturated heterocycles. The van der Waals surface area contributed by atoms with Crippen LogP contribution in [0.2, 0.25) is 0 Å². The van der Waals surface area contributed by atoms with Gasteiger partial charge in [-0.2, -0.15) is 4.98 Å². The molecular weight excluding hydrogens is 480 g/mol. The van der Waals surface area contributed by atoms with Crippen molar-refractivity contribution in [1.82, 2.24) is 24.4 Å². The first-order valence-corrected chi connectivity index (χ1v) is 12.4. The number of methoxy groups -OCH3 is 1. The lowest BCUT2D eigenvalue weighted by atomic mass is 10.1. The summed E-state index contributed by atoms with van der Waals surface area (Å²) in [5.74, 6) is 0.650. The largest absolute Gasteiger partial charge is 0.494 e. The molecule has 1 amide bonds. The van der Waals surface area contributed by atoms with Crippen LogP contribution in [0.3, 0.4) is 0 Å². The van der Waals surface area contributed by atoms with Gasteiger partial charge in [0.15, 0.2) is 5.65 Å². The highest BCUT2D eigenvalue weighted by Gasteiger charge is 2.17. The SMILES string of the molecule is C=CC(=O)Nc1cc(Nc2ncc3ncn(-c4ccc(CC)cc4)c3n2)c(OC)cc1N(C)CCN(C)C. The minimum atomic E-state index is -0.306. The van der Waals surface area contributed by atoms with E-state index < -0.39 is 0 Å². The van der Waals surface area contributed by atoms with Crippen molar-refractivity contribution in [3.63, 3.8) is 0 Å². The number of ether oxygens (including phenoxy) is 1. The Morgan fingerprint density at radius 3 is 2.53 bits per heavy atom. The van der Waals surface area contributed by atoms with Crippen LogP contribution in [0.1, 0.15) is 12.5 Å². The molecule has 0 aliphatic carbocycles. The Bertz CT molecular complexity index is 1430. The van der Waals surface area contributed by atoms with Gasteiger partial charge in [-0.1, -0.05) is 25.6 Å². The van der Waals surface area contributed by atoms with Crippen molar-refractivity contribution in [1.29, 1.82) is 0 Å². The third-order valence-electron chi connectivity index (χ3n) is 6.21. The van der Waals surface area contributed by atoms with Crippen LogP contribution in [0, 0.1) is 0 Å². The summed E-state index contributed by atoms with van der Waals surface area (Å²) in [4.78, 5) is 30.0. The normalized spacial score (nSPS) is 11.0. The molecule has 198 valence electrons. The Labute approximate surface area is 223 Å². The van der Waals surface area contributed by atoms with Crippen molar-refractivity contribution in [2.75, 3.05) is 56.9 Å². The second kappa shape index (κ2) is 11.7. The zero-order chi connectivity index (χ0) is 27.2. The van der Waals surface area contributed by atoms with Crippen molar-refractivity contribution in [2.45, 2.75) is 13.3 Å². The molecule has 0 aliphatic rings. The lowest BCUT2D eigenvalue weighted by molar-refractivity contribution is -0.111. The molecule has 4 rings (SSSR count). The monoisotopic (exact) mass is 514 g/mol. The minimum Gasteiger partial charge on any atom is -0.494 e. The molecule has 0 bridgehead atoms. The van der Waals surface area contributed by atoms with E-state index in [2.05, 4.69) is 68.2 Å². The molecular formula is C28H34N8O2. The number of rotatable bonds is 11. The first-order valence-electron chi connectivity index (χ1n) is 12.4. The molecule has 10 heteroatoms. The number of amides is 1. The molecule has 0 radical (unpaired) electrons. The summed E-state index contributed by atoms with van der Waals surface area (Å²) < 4.78 is 7.63. The van der Waals surface area contributed by atoms with Crippen molar-refractivity contribution >= 4 is 40.1 Å². The second-order valence-corrected chi connectivity index (χ2v) is 9.15. The van der Waals surface area contributed by atoms with Gasteiger partial charge in [0.05, 0.1) is 30.4 Å². The van der Waals surface area contributed by atoms with Gasteiger partial charge >= 0.3 is 0 Å². The number of nitrogens with one attached hydrogen (secondary N) is 2. The van der Waals surface area contributed by atoms with Crippen molar-refractivity contribution in [3.05, 3.63) is 67.1 Å². The molecule has 0 unspecified atom stereocenters. The first kappa shape index (κ1) is 26.6. The second-order valence-electron chi connectivity index (χ2n) is 9.15. The number of hydrogen-bond acceptors (Lipinski definition) is 8. The number of imidazole rings is 1. The summed E-state index contributed by atoms with van der Waals surface area (Å²) >= 11 is 0. The van der Waals surface area contributed by atoms with Crippen LogP contribution in [-0.2, 0) is 11.2 Å². The molecule has 0 spiro atoms. The molecule has 2 aromatic heterocycles. The van der Waals surface area contributed by atoms with Crippen LogP contribution in [0.5, 0.6) is 5.75 Å². The maximum atomic E-state index is 12.2. The Kier molecular flexibility index (Phi) is 8.22. The number of aromatic nitrogens is 4. The predicted octanol–water partition coefficient (Wildman–Crippen LogP) is 4.25. The molecule has 4 aromatic rings. The van der Waals surface area contributed by atoms with E-state index >= 15 is 0 Å². The van der Waals surface area contributed by atoms with Gasteiger partial charge in [-0.05, 0) is 50.4 Å². The number of anilines is 4. The minimum absolute atomic E-state index is 0.306. The van der Waals surface area contributed by atoms with Gasteiger partial charge in [-0.3, -0.25) is 9.36 Å². The van der Waals surface area contributed by atoms with E-state index in [1.54, 1.807) is 19.6 Å². The zero-order valence-electron chi connectivity index (χ0n) is 22.5. The number of aryl methyl sites for hydroxylation is 1. The van der Waals surface area contributed by atoms with Gasteiger partial charge in [0.25, 0.3) is 0 Å². The predicted molar refractivity (Wildman–Crippen MR) is 153 cm³/mol. The Morgan fingerprint density at radius 1 is 1.11 bits per heavy atom. The van der Waals surface area contributed by atoms with E-state index in [4.69, 9.17) is 9.72 Å². The van der Waals surface area contributed by atoms with Gasteiger partial charge in [0, 0.05) is 31.9 Å². The first-order chi connectivity index (χ1) is 18.3. The smallest absolute Gasteiger partial charge is 0.247 e. The molecule has 0 saturated carbocycles. The lowest BCUT2D eigenvalue weighted by Gasteiger charge is -2.25. The fourth-order valence-corrected chi connectivity index (χ4v) is 3.98. The summed E-state index contributed by atoms with van der Waals surface area (Å²) in [6.07, 6.45) is 5.64. The molecule has 2 aromatic carbocycles. The van der Waals surface area contributed by atoms with E-state index in [0.29, 0.717) is 34.2 Å². The lowest BCUT2D eigenvalue weighted by Crippen LogP contribution is -2.29. The quantitative estimate of drug-likeness (QED) is 0.287. The molecule has 2 N–H and O–H groups in total. The maximum absolute atomic E-state index is 12.2. The summed E-state index contributed by atoms with van der Waals surface area (Å²) in [6, 6.07) is 12.0. The average molecular weight is 515 g/mol. The molecule has 10 nitrogen and oxygen atoms in total. The average Bonchev–Trinajstić information content (AvgIpc) is 3.35. The van der Waals surface area contributed by atoms with Gasteiger partial charge in [0.1, 0.15) is 17.6 Å². The highest BCUT2D eigenvalue weighted by molar-refractivity contribution is 6.02. The highest BCUT2D eigenvalue weighted by atomic mass is 16.5. The standard InChI is InChI=1S/C28H34N8O2/c1-7-19-9-11-20(12-10-19)36-18-30-23-17-29-28(33-27(23)36)32-22-15-21(31-26(37)8-2)24(16-25(22)38-6)35(5)14-13-34(3)4/h8-12,15-18H,2,7,13-14H2,1,3-6H3,(H,31,37)(H,29,32,33). The van der Waals surface area contributed by atoms with Crippen LogP contribution in [-0.4, -0.2) is 71.7 Å². The highest BCUT2D eigenvalue weighted by Crippen LogP contribution is 2.38. The number of nitrogens with zero attached hydrogens (tertiary/aromatic N) is 6. The number of carbonyl (C=O) groups is 1. The summed E-state index contributed by atoms with van der Waals surface area (Å²) in [6.45, 7) is 7.31. The van der Waals surface area contributed by atoms with Crippen LogP contribution < -0.4 is 20.3 Å². The van der Waals surface area contributed by atoms with Gasteiger partial charge in [0.2, 0.25) is 11.9 Å². The Morgan fingerprint density at radius 2 is 1.87 bits per heavy atom. The number of fused-ring (bicyclic) bond motifs is 1. The topological polar surface area (TPSA) is 100 Å². The number of hydrogen-bond donors (Lipinski definition) is 2. The molecule has 0 fully saturated rings. The third kappa shape index (κ3) is 5.92. The Hall–Kier alpha value is -4.44. The maximum Gasteiger partial charge on any atom is 0.247 e. The van der Waals surface area contributed by atoms with Crippen LogP contribution in [0.25, 0.3) is 16.9 Å². The van der Waals surface area contributed by atoms with E-state index in [1.165, 1.54) is 11.6 Å². The summed E-state index contributed by atoms with van der Waals surface area (Å²) in [5, 5.41) is 6.17. The number of likely N-dealkylation sites (N-methyl/N-ethyl adjacent to an activating group) is 2. The zero-order valence-corrected chi connectivity index (χ0v) is 22.5. The van der Waals surface area contributed by atoms with Crippen molar-refractivity contribution in [3.8, 4) is 11.4 Å². The molecule has 38 heavy (non-hydrogen) atoms. The van der Waals surface area contributed by atoms with Crippen LogP contribution in [0.4, 0.5) is 23.0 Å². The van der Waals surface area contributed by atoms with Gasteiger partial charge in [-0.15, -0.1) is 0 Å². The van der Waals surface area contributed by atoms with Crippen LogP contribution >= 0.6 is 0 Å². The Balaban J connectivity index is 1.70. The fraction of sp³-hybridized carbons (Fsp3) is 0.286. The molecule has 0 aliphatic heterocycles. The van der Waals surface area contributed by atoms with E-state index in [-0.39, 0.29) is 5.91 Å². The van der Waals surface area contributed by atoms with Crippen molar-refractivity contribution < 1.29 is 9.53 Å². The van der Waals surface area contributed by atoms with E-state index in [9.17, 15) is 4.79 Å². The van der Waals surface area contributed by atoms with E-state index in [1.807, 2.05) is 37.8 Å². The molecule has 2 heterocycles. The third-order valence-corrected chi connectivity index (χ3v) is 6.21. The van der Waals surface area contributed by atoms with E-state index in [0.717, 1.165) is 30.9 Å². The number of carbonyl (C=O) groups excluding carboxylic acids is 1. The fourth-order valence-electron chi connectivity index (χ4n) is 3.98. The summed E-state index contributed by atoms with van der Waals surface area (Å²) in [7, 11) is 7.61. The molecule has 0 atom stereocenters.